The first-order valence-electron chi connectivity index (χ1n) is 9.08. The SMILES string of the molecule is CC[C@H](C)[C@H](Cl)C(=O)OC(C)c1ccc(C(=O)OCc2ccccc2)cc1. The molecule has 0 N–H and O–H groups in total. The van der Waals surface area contributed by atoms with E-state index >= 15 is 0 Å². The molecule has 4 nitrogen and oxygen atoms in total. The van der Waals surface area contributed by atoms with Gasteiger partial charge in [-0.1, -0.05) is 62.7 Å². The van der Waals surface area contributed by atoms with Gasteiger partial charge in [0.2, 0.25) is 0 Å². The van der Waals surface area contributed by atoms with Crippen LogP contribution < -0.4 is 0 Å². The minimum absolute atomic E-state index is 0.0492. The van der Waals surface area contributed by atoms with Crippen LogP contribution in [-0.4, -0.2) is 17.3 Å². The molecule has 0 aliphatic rings. The number of hydrogen-bond acceptors (Lipinski definition) is 4. The van der Waals surface area contributed by atoms with Crippen molar-refractivity contribution in [1.82, 2.24) is 0 Å². The van der Waals surface area contributed by atoms with Crippen molar-refractivity contribution in [3.8, 4) is 0 Å². The van der Waals surface area contributed by atoms with E-state index in [2.05, 4.69) is 0 Å². The lowest BCUT2D eigenvalue weighted by Crippen LogP contribution is -2.25. The van der Waals surface area contributed by atoms with Gasteiger partial charge in [0.05, 0.1) is 5.56 Å². The summed E-state index contributed by atoms with van der Waals surface area (Å²) in [7, 11) is 0. The Balaban J connectivity index is 1.91. The predicted octanol–water partition coefficient (Wildman–Crippen LogP) is 5.30. The Morgan fingerprint density at radius 1 is 1.00 bits per heavy atom. The summed E-state index contributed by atoms with van der Waals surface area (Å²) in [6, 6.07) is 16.3. The molecule has 0 fully saturated rings. The van der Waals surface area contributed by atoms with Gasteiger partial charge < -0.3 is 9.47 Å². The zero-order valence-corrected chi connectivity index (χ0v) is 16.6. The molecule has 0 radical (unpaired) electrons. The summed E-state index contributed by atoms with van der Waals surface area (Å²) in [5.74, 6) is -0.773. The van der Waals surface area contributed by atoms with Crippen LogP contribution in [0.4, 0.5) is 0 Å². The van der Waals surface area contributed by atoms with E-state index in [1.165, 1.54) is 0 Å². The normalized spacial score (nSPS) is 14.1. The molecular weight excluding hydrogens is 364 g/mol. The lowest BCUT2D eigenvalue weighted by molar-refractivity contribution is -0.149. The Morgan fingerprint density at radius 2 is 1.63 bits per heavy atom. The molecule has 0 bridgehead atoms. The van der Waals surface area contributed by atoms with Crippen LogP contribution in [0, 0.1) is 5.92 Å². The molecule has 0 spiro atoms. The van der Waals surface area contributed by atoms with Gasteiger partial charge in [0, 0.05) is 0 Å². The van der Waals surface area contributed by atoms with Gasteiger partial charge >= 0.3 is 11.9 Å². The molecule has 0 heterocycles. The van der Waals surface area contributed by atoms with E-state index in [1.54, 1.807) is 31.2 Å². The van der Waals surface area contributed by atoms with Crippen molar-refractivity contribution in [2.24, 2.45) is 5.92 Å². The molecule has 0 aliphatic carbocycles. The number of carbonyl (C=O) groups excluding carboxylic acids is 2. The zero-order valence-electron chi connectivity index (χ0n) is 15.9. The fourth-order valence-electron chi connectivity index (χ4n) is 2.44. The maximum atomic E-state index is 12.1. The first-order chi connectivity index (χ1) is 12.9. The van der Waals surface area contributed by atoms with Crippen molar-refractivity contribution in [3.05, 3.63) is 71.3 Å². The second-order valence-corrected chi connectivity index (χ2v) is 7.02. The van der Waals surface area contributed by atoms with Gasteiger partial charge in [-0.3, -0.25) is 4.79 Å². The van der Waals surface area contributed by atoms with Crippen LogP contribution in [0.2, 0.25) is 0 Å². The number of ether oxygens (including phenoxy) is 2. The number of alkyl halides is 1. The first kappa shape index (κ1) is 21.0. The molecule has 2 aromatic carbocycles. The highest BCUT2D eigenvalue weighted by atomic mass is 35.5. The lowest BCUT2D eigenvalue weighted by atomic mass is 10.0. The Hall–Kier alpha value is -2.33. The standard InChI is InChI=1S/C22H25ClO4/c1-4-15(2)20(23)22(25)27-16(3)18-10-12-19(13-11-18)21(24)26-14-17-8-6-5-7-9-17/h5-13,15-16,20H,4,14H2,1-3H3/t15-,16?,20-/m0/s1. The lowest BCUT2D eigenvalue weighted by Gasteiger charge is -2.19. The molecule has 0 amide bonds. The number of carbonyl (C=O) groups is 2. The highest BCUT2D eigenvalue weighted by molar-refractivity contribution is 6.30. The average Bonchev–Trinajstić information content (AvgIpc) is 2.71. The van der Waals surface area contributed by atoms with Crippen molar-refractivity contribution in [2.75, 3.05) is 0 Å². The Morgan fingerprint density at radius 3 is 2.22 bits per heavy atom. The third-order valence-electron chi connectivity index (χ3n) is 4.49. The third-order valence-corrected chi connectivity index (χ3v) is 5.10. The van der Waals surface area contributed by atoms with Crippen molar-refractivity contribution in [2.45, 2.75) is 45.3 Å². The van der Waals surface area contributed by atoms with Crippen molar-refractivity contribution >= 4 is 23.5 Å². The molecule has 0 aromatic heterocycles. The van der Waals surface area contributed by atoms with Crippen molar-refractivity contribution in [3.63, 3.8) is 0 Å². The molecule has 2 rings (SSSR count). The Labute approximate surface area is 165 Å². The third kappa shape index (κ3) is 6.10. The van der Waals surface area contributed by atoms with Crippen LogP contribution >= 0.6 is 11.6 Å². The second kappa shape index (κ2) is 10.1. The summed E-state index contributed by atoms with van der Waals surface area (Å²) in [5, 5.41) is -0.662. The van der Waals surface area contributed by atoms with Crippen LogP contribution in [0.1, 0.15) is 54.8 Å². The Kier molecular flexibility index (Phi) is 7.86. The summed E-state index contributed by atoms with van der Waals surface area (Å²) >= 11 is 6.13. The van der Waals surface area contributed by atoms with Gasteiger partial charge in [0.15, 0.2) is 0 Å². The molecular formula is C22H25ClO4. The van der Waals surface area contributed by atoms with Crippen LogP contribution in [0.5, 0.6) is 0 Å². The summed E-state index contributed by atoms with van der Waals surface area (Å²) in [6.45, 7) is 5.90. The largest absolute Gasteiger partial charge is 0.457 e. The molecule has 0 saturated carbocycles. The zero-order chi connectivity index (χ0) is 19.8. The van der Waals surface area contributed by atoms with Crippen molar-refractivity contribution in [1.29, 1.82) is 0 Å². The maximum absolute atomic E-state index is 12.1. The van der Waals surface area contributed by atoms with E-state index < -0.39 is 23.4 Å². The van der Waals surface area contributed by atoms with Crippen molar-refractivity contribution < 1.29 is 19.1 Å². The molecule has 1 unspecified atom stereocenters. The Bertz CT molecular complexity index is 743. The average molecular weight is 389 g/mol. The van der Waals surface area contributed by atoms with Gasteiger partial charge in [-0.25, -0.2) is 4.79 Å². The molecule has 0 saturated heterocycles. The number of benzene rings is 2. The first-order valence-corrected chi connectivity index (χ1v) is 9.51. The topological polar surface area (TPSA) is 52.6 Å². The number of hydrogen-bond donors (Lipinski definition) is 0. The quantitative estimate of drug-likeness (QED) is 0.454. The van der Waals surface area contributed by atoms with E-state index in [9.17, 15) is 9.59 Å². The summed E-state index contributed by atoms with van der Waals surface area (Å²) in [6.07, 6.45) is 0.356. The van der Waals surface area contributed by atoms with E-state index in [1.807, 2.05) is 44.2 Å². The van der Waals surface area contributed by atoms with Crippen LogP contribution in [-0.2, 0) is 20.9 Å². The van der Waals surface area contributed by atoms with Gasteiger partial charge in [-0.2, -0.15) is 0 Å². The van der Waals surface area contributed by atoms with E-state index in [-0.39, 0.29) is 12.5 Å². The summed E-state index contributed by atoms with van der Waals surface area (Å²) in [5.41, 5.74) is 2.17. The molecule has 0 aliphatic heterocycles. The summed E-state index contributed by atoms with van der Waals surface area (Å²) in [4.78, 5) is 24.2. The molecule has 3 atom stereocenters. The van der Waals surface area contributed by atoms with Gasteiger partial charge in [0.25, 0.3) is 0 Å². The second-order valence-electron chi connectivity index (χ2n) is 6.55. The van der Waals surface area contributed by atoms with Gasteiger partial charge in [-0.15, -0.1) is 11.6 Å². The highest BCUT2D eigenvalue weighted by Gasteiger charge is 2.25. The molecule has 27 heavy (non-hydrogen) atoms. The van der Waals surface area contributed by atoms with Crippen LogP contribution in [0.15, 0.2) is 54.6 Å². The van der Waals surface area contributed by atoms with Crippen LogP contribution in [0.3, 0.4) is 0 Å². The number of esters is 2. The monoisotopic (exact) mass is 388 g/mol. The predicted molar refractivity (Wildman–Crippen MR) is 106 cm³/mol. The summed E-state index contributed by atoms with van der Waals surface area (Å²) < 4.78 is 10.7. The van der Waals surface area contributed by atoms with Gasteiger partial charge in [-0.05, 0) is 36.1 Å². The minimum atomic E-state index is -0.662. The van der Waals surface area contributed by atoms with E-state index in [0.29, 0.717) is 5.56 Å². The maximum Gasteiger partial charge on any atom is 0.338 e. The van der Waals surface area contributed by atoms with E-state index in [0.717, 1.165) is 17.5 Å². The molecule has 5 heteroatoms. The number of rotatable bonds is 8. The van der Waals surface area contributed by atoms with Crippen LogP contribution in [0.25, 0.3) is 0 Å². The molecule has 2 aromatic rings. The highest BCUT2D eigenvalue weighted by Crippen LogP contribution is 2.22. The fraction of sp³-hybridized carbons (Fsp3) is 0.364. The smallest absolute Gasteiger partial charge is 0.338 e. The minimum Gasteiger partial charge on any atom is -0.457 e. The number of halogens is 1. The molecule has 144 valence electrons. The fourth-order valence-corrected chi connectivity index (χ4v) is 2.67. The van der Waals surface area contributed by atoms with E-state index in [4.69, 9.17) is 21.1 Å². The van der Waals surface area contributed by atoms with Gasteiger partial charge in [0.1, 0.15) is 18.1 Å².